The maximum absolute atomic E-state index is 2.48. The molecule has 0 bridgehead atoms. The van der Waals surface area contributed by atoms with Crippen LogP contribution in [0.15, 0.2) is 291 Å². The van der Waals surface area contributed by atoms with Gasteiger partial charge >= 0.3 is 0 Å². The molecule has 0 aliphatic carbocycles. The molecule has 0 radical (unpaired) electrons. The van der Waals surface area contributed by atoms with E-state index in [1.54, 1.807) is 0 Å². The molecular weight excluding hydrogens is 861 g/mol. The molecule has 0 spiro atoms. The number of benzene rings is 11. The van der Waals surface area contributed by atoms with Gasteiger partial charge in [0.15, 0.2) is 0 Å². The SMILES string of the molecule is c1ccc(N(c2ccccc2)c2cc(N(c3ccccc3)c3ccccc3)cc(-n3c4ccccc4c4cc(N5c6ccccc6C(c6ccccc6)(c6ccccc6)c6ccccc65)ccc43)c2)cc1. The molecule has 336 valence electrons. The third kappa shape index (κ3) is 6.99. The van der Waals surface area contributed by atoms with Crippen molar-refractivity contribution in [1.82, 2.24) is 4.57 Å². The van der Waals surface area contributed by atoms with Gasteiger partial charge in [-0.15, -0.1) is 0 Å². The summed E-state index contributed by atoms with van der Waals surface area (Å²) in [7, 11) is 0. The van der Waals surface area contributed by atoms with E-state index >= 15 is 0 Å². The predicted octanol–water partition coefficient (Wildman–Crippen LogP) is 17.9. The molecule has 1 aromatic heterocycles. The van der Waals surface area contributed by atoms with E-state index in [1.165, 1.54) is 33.0 Å². The number of nitrogens with zero attached hydrogens (tertiary/aromatic N) is 4. The van der Waals surface area contributed by atoms with Gasteiger partial charge in [0.05, 0.1) is 44.9 Å². The molecule has 1 aliphatic rings. The Bertz CT molecular complexity index is 3550. The van der Waals surface area contributed by atoms with Crippen molar-refractivity contribution in [3.8, 4) is 5.69 Å². The number of hydrogen-bond acceptors (Lipinski definition) is 3. The average molecular weight is 909 g/mol. The maximum atomic E-state index is 2.48. The highest BCUT2D eigenvalue weighted by Gasteiger charge is 2.46. The Morgan fingerprint density at radius 1 is 0.268 bits per heavy atom. The van der Waals surface area contributed by atoms with Crippen LogP contribution in [0.1, 0.15) is 22.3 Å². The zero-order valence-electron chi connectivity index (χ0n) is 39.0. The van der Waals surface area contributed by atoms with Crippen molar-refractivity contribution in [1.29, 1.82) is 0 Å². The molecule has 4 heteroatoms. The summed E-state index contributed by atoms with van der Waals surface area (Å²) in [5.74, 6) is 0. The van der Waals surface area contributed by atoms with Gasteiger partial charge in [-0.05, 0) is 125 Å². The lowest BCUT2D eigenvalue weighted by molar-refractivity contribution is 0.731. The Balaban J connectivity index is 1.05. The van der Waals surface area contributed by atoms with Crippen LogP contribution in [0.3, 0.4) is 0 Å². The van der Waals surface area contributed by atoms with Crippen LogP contribution >= 0.6 is 0 Å². The van der Waals surface area contributed by atoms with Crippen LogP contribution in [-0.2, 0) is 5.41 Å². The number of para-hydroxylation sites is 7. The summed E-state index contributed by atoms with van der Waals surface area (Å²) >= 11 is 0. The number of hydrogen-bond donors (Lipinski definition) is 0. The van der Waals surface area contributed by atoms with Crippen LogP contribution in [-0.4, -0.2) is 4.57 Å². The Morgan fingerprint density at radius 3 is 1.11 bits per heavy atom. The van der Waals surface area contributed by atoms with Crippen molar-refractivity contribution < 1.29 is 0 Å². The second kappa shape index (κ2) is 17.6. The molecule has 0 unspecified atom stereocenters. The minimum Gasteiger partial charge on any atom is -0.310 e. The van der Waals surface area contributed by atoms with Crippen molar-refractivity contribution in [2.75, 3.05) is 14.7 Å². The van der Waals surface area contributed by atoms with Crippen molar-refractivity contribution in [2.45, 2.75) is 5.41 Å². The Hall–Kier alpha value is -9.38. The zero-order valence-corrected chi connectivity index (χ0v) is 39.0. The number of rotatable bonds is 10. The molecule has 2 heterocycles. The van der Waals surface area contributed by atoms with Crippen molar-refractivity contribution in [3.05, 3.63) is 313 Å². The minimum atomic E-state index is -0.546. The summed E-state index contributed by atoms with van der Waals surface area (Å²) in [6.07, 6.45) is 0. The van der Waals surface area contributed by atoms with Crippen LogP contribution in [0.25, 0.3) is 27.5 Å². The lowest BCUT2D eigenvalue weighted by atomic mass is 9.62. The van der Waals surface area contributed by atoms with E-state index in [4.69, 9.17) is 0 Å². The number of aromatic nitrogens is 1. The quantitative estimate of drug-likeness (QED) is 0.136. The van der Waals surface area contributed by atoms with Gasteiger partial charge in [-0.25, -0.2) is 0 Å². The third-order valence-corrected chi connectivity index (χ3v) is 14.1. The van der Waals surface area contributed by atoms with Crippen LogP contribution in [0.4, 0.5) is 51.2 Å². The van der Waals surface area contributed by atoms with E-state index in [9.17, 15) is 0 Å². The Kier molecular flexibility index (Phi) is 10.4. The summed E-state index contributed by atoms with van der Waals surface area (Å²) in [4.78, 5) is 7.21. The lowest BCUT2D eigenvalue weighted by Crippen LogP contribution is -2.37. The first kappa shape index (κ1) is 41.8. The van der Waals surface area contributed by atoms with E-state index in [0.717, 1.165) is 67.9 Å². The van der Waals surface area contributed by atoms with E-state index in [2.05, 4.69) is 310 Å². The lowest BCUT2D eigenvalue weighted by Gasteiger charge is -2.46. The van der Waals surface area contributed by atoms with Crippen molar-refractivity contribution in [3.63, 3.8) is 0 Å². The second-order valence-electron chi connectivity index (χ2n) is 18.1. The smallest absolute Gasteiger partial charge is 0.0742 e. The molecule has 0 saturated heterocycles. The molecular formula is C67H48N4. The van der Waals surface area contributed by atoms with E-state index < -0.39 is 5.41 Å². The summed E-state index contributed by atoms with van der Waals surface area (Å²) in [6, 6.07) is 106. The van der Waals surface area contributed by atoms with Gasteiger partial charge in [0.2, 0.25) is 0 Å². The molecule has 1 aliphatic heterocycles. The highest BCUT2D eigenvalue weighted by molar-refractivity contribution is 6.11. The first-order valence-electron chi connectivity index (χ1n) is 24.3. The van der Waals surface area contributed by atoms with Gasteiger partial charge in [-0.1, -0.05) is 188 Å². The molecule has 12 aromatic rings. The molecule has 0 N–H and O–H groups in total. The minimum absolute atomic E-state index is 0.546. The van der Waals surface area contributed by atoms with Crippen LogP contribution < -0.4 is 14.7 Å². The topological polar surface area (TPSA) is 14.7 Å². The maximum Gasteiger partial charge on any atom is 0.0742 e. The molecule has 13 rings (SSSR count). The monoisotopic (exact) mass is 908 g/mol. The predicted molar refractivity (Wildman–Crippen MR) is 297 cm³/mol. The molecule has 0 fully saturated rings. The van der Waals surface area contributed by atoms with Gasteiger partial charge in [0.1, 0.15) is 0 Å². The molecule has 0 amide bonds. The third-order valence-electron chi connectivity index (χ3n) is 14.1. The van der Waals surface area contributed by atoms with Gasteiger partial charge in [0, 0.05) is 39.2 Å². The summed E-state index contributed by atoms with van der Waals surface area (Å²) in [6.45, 7) is 0. The second-order valence-corrected chi connectivity index (χ2v) is 18.1. The van der Waals surface area contributed by atoms with Gasteiger partial charge < -0.3 is 19.3 Å². The molecule has 0 atom stereocenters. The van der Waals surface area contributed by atoms with Gasteiger partial charge in [-0.3, -0.25) is 0 Å². The van der Waals surface area contributed by atoms with E-state index in [0.29, 0.717) is 0 Å². The fraction of sp³-hybridized carbons (Fsp3) is 0.0149. The standard InChI is InChI=1S/C67H48N4/c1-7-25-49(26-8-1)67(50-27-9-2-10-28-50)61-38-20-23-41-65(61)70(66-42-24-21-39-62(66)67)55-43-44-64-60(48-55)59-37-19-22-40-63(59)71(64)58-46-56(68(51-29-11-3-12-30-51)52-31-13-4-14-32-52)45-57(47-58)69(53-33-15-5-16-34-53)54-35-17-6-18-36-54/h1-48H. The van der Waals surface area contributed by atoms with Gasteiger partial charge in [0.25, 0.3) is 0 Å². The molecule has 4 nitrogen and oxygen atoms in total. The Morgan fingerprint density at radius 2 is 0.648 bits per heavy atom. The molecule has 71 heavy (non-hydrogen) atoms. The fourth-order valence-electron chi connectivity index (χ4n) is 11.2. The van der Waals surface area contributed by atoms with Crippen molar-refractivity contribution >= 4 is 73.0 Å². The fourth-order valence-corrected chi connectivity index (χ4v) is 11.2. The normalized spacial score (nSPS) is 12.6. The zero-order chi connectivity index (χ0) is 47.1. The first-order chi connectivity index (χ1) is 35.3. The largest absolute Gasteiger partial charge is 0.310 e. The van der Waals surface area contributed by atoms with E-state index in [1.807, 2.05) is 0 Å². The van der Waals surface area contributed by atoms with Crippen LogP contribution in [0.2, 0.25) is 0 Å². The highest BCUT2D eigenvalue weighted by Crippen LogP contribution is 2.58. The summed E-state index contributed by atoms with van der Waals surface area (Å²) < 4.78 is 2.46. The van der Waals surface area contributed by atoms with E-state index in [-0.39, 0.29) is 0 Å². The average Bonchev–Trinajstić information content (AvgIpc) is 3.78. The Labute approximate surface area is 414 Å². The number of anilines is 9. The summed E-state index contributed by atoms with van der Waals surface area (Å²) in [5.41, 5.74) is 17.5. The number of fused-ring (bicyclic) bond motifs is 5. The van der Waals surface area contributed by atoms with Gasteiger partial charge in [-0.2, -0.15) is 0 Å². The molecule has 11 aromatic carbocycles. The van der Waals surface area contributed by atoms with Crippen molar-refractivity contribution in [2.24, 2.45) is 0 Å². The highest BCUT2D eigenvalue weighted by atomic mass is 15.2. The summed E-state index contributed by atoms with van der Waals surface area (Å²) in [5, 5.41) is 2.36. The first-order valence-corrected chi connectivity index (χ1v) is 24.3. The van der Waals surface area contributed by atoms with Crippen LogP contribution in [0.5, 0.6) is 0 Å². The van der Waals surface area contributed by atoms with Crippen LogP contribution in [0, 0.1) is 0 Å². The molecule has 0 saturated carbocycles.